The van der Waals surface area contributed by atoms with E-state index < -0.39 is 0 Å². The summed E-state index contributed by atoms with van der Waals surface area (Å²) in [4.78, 5) is 32.0. The highest BCUT2D eigenvalue weighted by molar-refractivity contribution is 6.16. The van der Waals surface area contributed by atoms with Crippen LogP contribution in [-0.2, 0) is 13.6 Å². The van der Waals surface area contributed by atoms with Crippen molar-refractivity contribution in [1.82, 2.24) is 24.1 Å². The molecule has 1 aliphatic heterocycles. The number of hydrogen-bond acceptors (Lipinski definition) is 5. The van der Waals surface area contributed by atoms with Crippen molar-refractivity contribution in [3.63, 3.8) is 0 Å². The van der Waals surface area contributed by atoms with Crippen LogP contribution < -0.4 is 10.3 Å². The van der Waals surface area contributed by atoms with Crippen LogP contribution in [0.5, 0.6) is 5.75 Å². The number of para-hydroxylation sites is 1. The fraction of sp³-hybridized carbons (Fsp3) is 0.233. The number of ether oxygens (including phenoxy) is 1. The van der Waals surface area contributed by atoms with Gasteiger partial charge in [-0.25, -0.2) is 0 Å². The fourth-order valence-corrected chi connectivity index (χ4v) is 5.33. The van der Waals surface area contributed by atoms with Crippen LogP contribution >= 0.6 is 0 Å². The molecule has 192 valence electrons. The number of amides is 1. The number of rotatable bonds is 5. The Labute approximate surface area is 220 Å². The normalized spacial score (nSPS) is 14.3. The van der Waals surface area contributed by atoms with Gasteiger partial charge in [0.05, 0.1) is 12.8 Å². The summed E-state index contributed by atoms with van der Waals surface area (Å²) in [6.07, 6.45) is 0. The lowest BCUT2D eigenvalue weighted by Gasteiger charge is -2.34. The first-order valence-corrected chi connectivity index (χ1v) is 12.8. The number of fused-ring (bicyclic) bond motifs is 3. The van der Waals surface area contributed by atoms with Crippen molar-refractivity contribution in [2.45, 2.75) is 6.54 Å². The first-order chi connectivity index (χ1) is 18.5. The summed E-state index contributed by atoms with van der Waals surface area (Å²) >= 11 is 0. The number of carbonyl (C=O) groups excluding carboxylic acids is 1. The Morgan fingerprint density at radius 2 is 1.58 bits per heavy atom. The van der Waals surface area contributed by atoms with Gasteiger partial charge >= 0.3 is 0 Å². The largest absolute Gasteiger partial charge is 0.497 e. The minimum Gasteiger partial charge on any atom is -0.497 e. The molecule has 0 saturated carbocycles. The van der Waals surface area contributed by atoms with Gasteiger partial charge in [0, 0.05) is 56.1 Å². The summed E-state index contributed by atoms with van der Waals surface area (Å²) in [6.45, 7) is 3.61. The second-order valence-corrected chi connectivity index (χ2v) is 9.62. The van der Waals surface area contributed by atoms with Gasteiger partial charge in [0.15, 0.2) is 5.69 Å². The first kappa shape index (κ1) is 23.9. The number of aromatic nitrogens is 3. The van der Waals surface area contributed by atoms with Crippen molar-refractivity contribution in [1.29, 1.82) is 0 Å². The van der Waals surface area contributed by atoms with E-state index in [2.05, 4.69) is 17.0 Å². The van der Waals surface area contributed by atoms with Crippen molar-refractivity contribution >= 4 is 27.7 Å². The van der Waals surface area contributed by atoms with Crippen LogP contribution in [0.15, 0.2) is 83.7 Å². The van der Waals surface area contributed by atoms with Crippen molar-refractivity contribution in [2.24, 2.45) is 7.05 Å². The molecule has 0 bridgehead atoms. The molecule has 1 aliphatic rings. The smallest absolute Gasteiger partial charge is 0.296 e. The van der Waals surface area contributed by atoms with E-state index in [9.17, 15) is 9.59 Å². The lowest BCUT2D eigenvalue weighted by Crippen LogP contribution is -2.48. The summed E-state index contributed by atoms with van der Waals surface area (Å²) in [5.41, 5.74) is 3.21. The van der Waals surface area contributed by atoms with Crippen molar-refractivity contribution in [2.75, 3.05) is 33.3 Å². The van der Waals surface area contributed by atoms with Gasteiger partial charge in [0.25, 0.3) is 11.5 Å². The monoisotopic (exact) mass is 507 g/mol. The van der Waals surface area contributed by atoms with E-state index in [4.69, 9.17) is 9.84 Å². The summed E-state index contributed by atoms with van der Waals surface area (Å²) in [5, 5.41) is 6.15. The zero-order valence-electron chi connectivity index (χ0n) is 21.5. The summed E-state index contributed by atoms with van der Waals surface area (Å²) in [6, 6.07) is 25.3. The Kier molecular flexibility index (Phi) is 6.17. The van der Waals surface area contributed by atoms with E-state index in [1.165, 1.54) is 10.2 Å². The third kappa shape index (κ3) is 4.13. The van der Waals surface area contributed by atoms with Gasteiger partial charge in [-0.05, 0) is 35.9 Å². The maximum Gasteiger partial charge on any atom is 0.296 e. The zero-order valence-corrected chi connectivity index (χ0v) is 21.5. The van der Waals surface area contributed by atoms with Crippen molar-refractivity contribution in [3.8, 4) is 11.4 Å². The van der Waals surface area contributed by atoms with Gasteiger partial charge in [0.2, 0.25) is 0 Å². The number of methoxy groups -OCH3 is 1. The standard InChI is InChI=1S/C30H29N5O3/c1-32-25-11-7-6-10-24(25)26-27(31-35(30(37)28(26)32)22-12-14-23(38-2)15-13-22)29(36)34-18-16-33(17-19-34)20-21-8-4-3-5-9-21/h3-15H,16-20H2,1-2H3. The van der Waals surface area contributed by atoms with E-state index in [1.807, 2.05) is 59.0 Å². The van der Waals surface area contributed by atoms with Crippen LogP contribution in [0.25, 0.3) is 27.5 Å². The average Bonchev–Trinajstić information content (AvgIpc) is 3.27. The van der Waals surface area contributed by atoms with Crippen molar-refractivity contribution in [3.05, 3.63) is 100 Å². The molecule has 3 aromatic carbocycles. The summed E-state index contributed by atoms with van der Waals surface area (Å²) < 4.78 is 8.47. The molecule has 0 radical (unpaired) electrons. The van der Waals surface area contributed by atoms with E-state index >= 15 is 0 Å². The Morgan fingerprint density at radius 3 is 2.29 bits per heavy atom. The van der Waals surface area contributed by atoms with Crippen LogP contribution in [-0.4, -0.2) is 63.3 Å². The molecule has 3 heterocycles. The van der Waals surface area contributed by atoms with Gasteiger partial charge in [-0.2, -0.15) is 9.78 Å². The number of piperazine rings is 1. The topological polar surface area (TPSA) is 72.6 Å². The molecule has 0 unspecified atom stereocenters. The number of hydrogen-bond donors (Lipinski definition) is 0. The Morgan fingerprint density at radius 1 is 0.895 bits per heavy atom. The maximum absolute atomic E-state index is 14.0. The molecule has 1 fully saturated rings. The minimum atomic E-state index is -0.270. The summed E-state index contributed by atoms with van der Waals surface area (Å²) in [5.74, 6) is 0.519. The van der Waals surface area contributed by atoms with Gasteiger partial charge in [-0.1, -0.05) is 48.5 Å². The van der Waals surface area contributed by atoms with E-state index in [0.29, 0.717) is 41.1 Å². The SMILES string of the molecule is COc1ccc(-n2nc(C(=O)N3CCN(Cc4ccccc4)CC3)c3c4ccccc4n(C)c3c2=O)cc1. The van der Waals surface area contributed by atoms with Gasteiger partial charge in [-0.3, -0.25) is 14.5 Å². The predicted molar refractivity (Wildman–Crippen MR) is 148 cm³/mol. The minimum absolute atomic E-state index is 0.159. The number of aryl methyl sites for hydroxylation is 1. The highest BCUT2D eigenvalue weighted by Gasteiger charge is 2.28. The Hall–Kier alpha value is -4.43. The van der Waals surface area contributed by atoms with Crippen molar-refractivity contribution < 1.29 is 9.53 Å². The molecular weight excluding hydrogens is 478 g/mol. The Bertz CT molecular complexity index is 1680. The van der Waals surface area contributed by atoms with Crippen LogP contribution in [0, 0.1) is 0 Å². The molecule has 0 atom stereocenters. The van der Waals surface area contributed by atoms with E-state index in [-0.39, 0.29) is 11.5 Å². The maximum atomic E-state index is 14.0. The quantitative estimate of drug-likeness (QED) is 0.362. The predicted octanol–water partition coefficient (Wildman–Crippen LogP) is 3.84. The van der Waals surface area contributed by atoms with E-state index in [0.717, 1.165) is 30.5 Å². The molecule has 6 rings (SSSR count). The molecule has 5 aromatic rings. The molecule has 0 aliphatic carbocycles. The van der Waals surface area contributed by atoms with Gasteiger partial charge < -0.3 is 14.2 Å². The lowest BCUT2D eigenvalue weighted by molar-refractivity contribution is 0.0623. The van der Waals surface area contributed by atoms with Gasteiger partial charge in [0.1, 0.15) is 11.3 Å². The highest BCUT2D eigenvalue weighted by Crippen LogP contribution is 2.29. The first-order valence-electron chi connectivity index (χ1n) is 12.8. The molecular formula is C30H29N5O3. The number of benzene rings is 3. The fourth-order valence-electron chi connectivity index (χ4n) is 5.33. The van der Waals surface area contributed by atoms with Crippen LogP contribution in [0.4, 0.5) is 0 Å². The second kappa shape index (κ2) is 9.79. The number of carbonyl (C=O) groups is 1. The lowest BCUT2D eigenvalue weighted by atomic mass is 10.1. The van der Waals surface area contributed by atoms with E-state index in [1.54, 1.807) is 31.4 Å². The molecule has 1 saturated heterocycles. The average molecular weight is 508 g/mol. The number of nitrogens with zero attached hydrogens (tertiary/aromatic N) is 5. The molecule has 0 N–H and O–H groups in total. The Balaban J connectivity index is 1.41. The van der Waals surface area contributed by atoms with Crippen LogP contribution in [0.3, 0.4) is 0 Å². The second-order valence-electron chi connectivity index (χ2n) is 9.62. The third-order valence-corrected chi connectivity index (χ3v) is 7.37. The molecule has 38 heavy (non-hydrogen) atoms. The summed E-state index contributed by atoms with van der Waals surface area (Å²) in [7, 11) is 3.46. The molecule has 0 spiro atoms. The molecule has 2 aromatic heterocycles. The van der Waals surface area contributed by atoms with Crippen LogP contribution in [0.2, 0.25) is 0 Å². The highest BCUT2D eigenvalue weighted by atomic mass is 16.5. The zero-order chi connectivity index (χ0) is 26.2. The molecule has 1 amide bonds. The third-order valence-electron chi connectivity index (χ3n) is 7.37. The molecule has 8 nitrogen and oxygen atoms in total. The van der Waals surface area contributed by atoms with Gasteiger partial charge in [-0.15, -0.1) is 0 Å². The molecule has 8 heteroatoms. The van der Waals surface area contributed by atoms with Crippen LogP contribution in [0.1, 0.15) is 16.1 Å².